The second kappa shape index (κ2) is 13.6. The number of nitrogens with zero attached hydrogens (tertiary/aromatic N) is 2. The Morgan fingerprint density at radius 3 is 2.33 bits per heavy atom. The molecule has 2 aromatic rings. The summed E-state index contributed by atoms with van der Waals surface area (Å²) in [5, 5.41) is 15.7. The SMILES string of the molecule is O=C(O)NCCC(=O)NCc1ccc(C(=O)Nc2ccc(Cl)cc2N2CCN(CCC(F)(F)F)CC2)c(F)c1F. The third-order valence-electron chi connectivity index (χ3n) is 6.14. The van der Waals surface area contributed by atoms with Crippen molar-refractivity contribution in [1.82, 2.24) is 15.5 Å². The van der Waals surface area contributed by atoms with E-state index in [4.69, 9.17) is 16.7 Å². The number of hydrogen-bond donors (Lipinski definition) is 4. The number of carbonyl (C=O) groups excluding carboxylic acids is 2. The summed E-state index contributed by atoms with van der Waals surface area (Å²) in [4.78, 5) is 38.6. The molecule has 0 bridgehead atoms. The Labute approximate surface area is 231 Å². The maximum Gasteiger partial charge on any atom is 0.404 e. The zero-order valence-electron chi connectivity index (χ0n) is 21.1. The molecule has 0 unspecified atom stereocenters. The number of piperazine rings is 1. The van der Waals surface area contributed by atoms with Crippen LogP contribution in [0.3, 0.4) is 0 Å². The highest BCUT2D eigenvalue weighted by molar-refractivity contribution is 6.31. The number of anilines is 2. The summed E-state index contributed by atoms with van der Waals surface area (Å²) in [6.07, 6.45) is -6.67. The summed E-state index contributed by atoms with van der Waals surface area (Å²) in [6.45, 7) is 0.759. The number of alkyl halides is 3. The van der Waals surface area contributed by atoms with E-state index in [0.717, 1.165) is 12.1 Å². The van der Waals surface area contributed by atoms with Crippen molar-refractivity contribution in [2.24, 2.45) is 0 Å². The lowest BCUT2D eigenvalue weighted by Crippen LogP contribution is -2.47. The van der Waals surface area contributed by atoms with Crippen LogP contribution in [0.1, 0.15) is 28.8 Å². The fourth-order valence-corrected chi connectivity index (χ4v) is 4.19. The smallest absolute Gasteiger partial charge is 0.404 e. The predicted octanol–water partition coefficient (Wildman–Crippen LogP) is 4.22. The minimum atomic E-state index is -4.25. The normalized spacial score (nSPS) is 14.1. The van der Waals surface area contributed by atoms with Crippen LogP contribution in [0.2, 0.25) is 5.02 Å². The third-order valence-corrected chi connectivity index (χ3v) is 6.38. The zero-order valence-corrected chi connectivity index (χ0v) is 21.8. The highest BCUT2D eigenvalue weighted by atomic mass is 35.5. The Bertz CT molecular complexity index is 1240. The molecule has 1 saturated heterocycles. The summed E-state index contributed by atoms with van der Waals surface area (Å²) in [5.74, 6) is -4.29. The molecule has 0 saturated carbocycles. The summed E-state index contributed by atoms with van der Waals surface area (Å²) in [5.41, 5.74) is -0.0709. The second-order valence-corrected chi connectivity index (χ2v) is 9.40. The first-order valence-electron chi connectivity index (χ1n) is 12.2. The number of benzene rings is 2. The van der Waals surface area contributed by atoms with Crippen molar-refractivity contribution >= 4 is 40.9 Å². The van der Waals surface area contributed by atoms with Crippen molar-refractivity contribution in [3.63, 3.8) is 0 Å². The van der Waals surface area contributed by atoms with Crippen LogP contribution in [0.25, 0.3) is 0 Å². The number of carboxylic acid groups (broad SMARTS) is 1. The molecule has 218 valence electrons. The van der Waals surface area contributed by atoms with Gasteiger partial charge in [0.15, 0.2) is 11.6 Å². The van der Waals surface area contributed by atoms with Gasteiger partial charge in [0.25, 0.3) is 5.91 Å². The van der Waals surface area contributed by atoms with Gasteiger partial charge in [-0.3, -0.25) is 14.5 Å². The van der Waals surface area contributed by atoms with Gasteiger partial charge in [-0.05, 0) is 24.3 Å². The van der Waals surface area contributed by atoms with Gasteiger partial charge < -0.3 is 26.0 Å². The highest BCUT2D eigenvalue weighted by Crippen LogP contribution is 2.31. The van der Waals surface area contributed by atoms with Crippen molar-refractivity contribution in [3.8, 4) is 0 Å². The monoisotopic (exact) mass is 591 g/mol. The van der Waals surface area contributed by atoms with E-state index in [9.17, 15) is 36.3 Å². The average molecular weight is 592 g/mol. The van der Waals surface area contributed by atoms with E-state index in [1.165, 1.54) is 12.1 Å². The Morgan fingerprint density at radius 1 is 0.975 bits per heavy atom. The minimum absolute atomic E-state index is 0.122. The summed E-state index contributed by atoms with van der Waals surface area (Å²) in [6, 6.07) is 6.76. The van der Waals surface area contributed by atoms with Crippen LogP contribution >= 0.6 is 11.6 Å². The molecule has 0 radical (unpaired) electrons. The van der Waals surface area contributed by atoms with Gasteiger partial charge in [-0.25, -0.2) is 13.6 Å². The molecule has 0 aliphatic carbocycles. The van der Waals surface area contributed by atoms with E-state index in [2.05, 4.69) is 10.6 Å². The standard InChI is InChI=1S/C25H27ClF5N5O4/c26-16-2-4-18(19(13-16)36-11-9-35(10-12-36)8-6-25(29,30)31)34-23(38)17-3-1-15(21(27)22(17)28)14-33-20(37)5-7-32-24(39)40/h1-4,13,32H,5-12,14H2,(H,33,37)(H,34,38)(H,39,40). The zero-order chi connectivity index (χ0) is 29.4. The lowest BCUT2D eigenvalue weighted by atomic mass is 10.1. The van der Waals surface area contributed by atoms with Crippen LogP contribution in [-0.2, 0) is 11.3 Å². The predicted molar refractivity (Wildman–Crippen MR) is 138 cm³/mol. The molecule has 9 nitrogen and oxygen atoms in total. The van der Waals surface area contributed by atoms with Crippen molar-refractivity contribution in [2.45, 2.75) is 25.6 Å². The first-order valence-corrected chi connectivity index (χ1v) is 12.6. The second-order valence-electron chi connectivity index (χ2n) is 8.97. The number of hydrogen-bond acceptors (Lipinski definition) is 5. The maximum absolute atomic E-state index is 14.8. The van der Waals surface area contributed by atoms with Gasteiger partial charge in [0, 0.05) is 62.8 Å². The Morgan fingerprint density at radius 2 is 1.68 bits per heavy atom. The molecule has 0 atom stereocenters. The van der Waals surface area contributed by atoms with E-state index in [0.29, 0.717) is 36.9 Å². The number of carbonyl (C=O) groups is 3. The molecule has 1 fully saturated rings. The fraction of sp³-hybridized carbons (Fsp3) is 0.400. The summed E-state index contributed by atoms with van der Waals surface area (Å²) in [7, 11) is 0. The lowest BCUT2D eigenvalue weighted by molar-refractivity contribution is -0.138. The van der Waals surface area contributed by atoms with Crippen LogP contribution in [0, 0.1) is 11.6 Å². The van der Waals surface area contributed by atoms with Crippen molar-refractivity contribution in [2.75, 3.05) is 49.5 Å². The van der Waals surface area contributed by atoms with Gasteiger partial charge in [-0.15, -0.1) is 0 Å². The number of amides is 3. The Kier molecular flexibility index (Phi) is 10.5. The van der Waals surface area contributed by atoms with Crippen LogP contribution < -0.4 is 20.9 Å². The highest BCUT2D eigenvalue weighted by Gasteiger charge is 2.29. The third kappa shape index (κ3) is 8.95. The van der Waals surface area contributed by atoms with E-state index >= 15 is 0 Å². The van der Waals surface area contributed by atoms with Crippen LogP contribution in [-0.4, -0.2) is 73.4 Å². The van der Waals surface area contributed by atoms with Gasteiger partial charge in [-0.1, -0.05) is 17.7 Å². The molecule has 1 heterocycles. The summed E-state index contributed by atoms with van der Waals surface area (Å²) < 4.78 is 67.1. The van der Waals surface area contributed by atoms with E-state index in [1.807, 2.05) is 10.2 Å². The largest absolute Gasteiger partial charge is 0.465 e. The van der Waals surface area contributed by atoms with Gasteiger partial charge in [-0.2, -0.15) is 13.2 Å². The Hall–Kier alpha value is -3.65. The number of rotatable bonds is 10. The van der Waals surface area contributed by atoms with Crippen molar-refractivity contribution in [3.05, 3.63) is 58.1 Å². The Balaban J connectivity index is 1.65. The van der Waals surface area contributed by atoms with E-state index in [1.54, 1.807) is 11.0 Å². The summed E-state index contributed by atoms with van der Waals surface area (Å²) >= 11 is 6.13. The van der Waals surface area contributed by atoms with Crippen LogP contribution in [0.15, 0.2) is 30.3 Å². The first-order chi connectivity index (χ1) is 18.8. The van der Waals surface area contributed by atoms with Gasteiger partial charge in [0.05, 0.1) is 23.4 Å². The van der Waals surface area contributed by atoms with Gasteiger partial charge in [0.2, 0.25) is 5.91 Å². The molecule has 15 heteroatoms. The number of nitrogens with one attached hydrogen (secondary N) is 3. The molecule has 3 rings (SSSR count). The quantitative estimate of drug-likeness (QED) is 0.308. The van der Waals surface area contributed by atoms with E-state index in [-0.39, 0.29) is 37.3 Å². The molecular weight excluding hydrogens is 565 g/mol. The first kappa shape index (κ1) is 30.9. The van der Waals surface area contributed by atoms with Crippen LogP contribution in [0.4, 0.5) is 38.1 Å². The van der Waals surface area contributed by atoms with Gasteiger partial charge in [0.1, 0.15) is 0 Å². The lowest BCUT2D eigenvalue weighted by Gasteiger charge is -2.37. The maximum atomic E-state index is 14.8. The molecule has 1 aliphatic heterocycles. The molecule has 0 spiro atoms. The molecule has 3 amide bonds. The molecule has 1 aliphatic rings. The topological polar surface area (TPSA) is 114 Å². The van der Waals surface area contributed by atoms with Crippen molar-refractivity contribution in [1.29, 1.82) is 0 Å². The van der Waals surface area contributed by atoms with Crippen LogP contribution in [0.5, 0.6) is 0 Å². The molecule has 2 aromatic carbocycles. The minimum Gasteiger partial charge on any atom is -0.465 e. The molecule has 0 aromatic heterocycles. The average Bonchev–Trinajstić information content (AvgIpc) is 2.89. The van der Waals surface area contributed by atoms with E-state index < -0.39 is 47.7 Å². The number of halogens is 6. The molecule has 4 N–H and O–H groups in total. The molecule has 40 heavy (non-hydrogen) atoms. The molecular formula is C25H27ClF5N5O4. The van der Waals surface area contributed by atoms with Gasteiger partial charge >= 0.3 is 12.3 Å². The van der Waals surface area contributed by atoms with Crippen molar-refractivity contribution < 1.29 is 41.4 Å². The fourth-order valence-electron chi connectivity index (χ4n) is 4.03.